The Morgan fingerprint density at radius 2 is 1.50 bits per heavy atom. The van der Waals surface area contributed by atoms with E-state index in [0.717, 1.165) is 5.57 Å². The first-order valence-corrected chi connectivity index (χ1v) is 4.10. The van der Waals surface area contributed by atoms with Crippen molar-refractivity contribution in [2.45, 2.75) is 27.7 Å². The van der Waals surface area contributed by atoms with Gasteiger partial charge in [0.05, 0.1) is 0 Å². The second-order valence-corrected chi connectivity index (χ2v) is 2.06. The average Bonchev–Trinajstić information content (AvgIpc) is 2.08. The molecule has 0 aromatic rings. The van der Waals surface area contributed by atoms with Crippen LogP contribution in [-0.2, 0) is 4.79 Å². The van der Waals surface area contributed by atoms with Gasteiger partial charge in [-0.1, -0.05) is 39.2 Å². The van der Waals surface area contributed by atoms with Gasteiger partial charge in [0, 0.05) is 5.57 Å². The van der Waals surface area contributed by atoms with E-state index in [1.165, 1.54) is 6.92 Å². The van der Waals surface area contributed by atoms with Crippen LogP contribution in [0.3, 0.4) is 0 Å². The Kier molecular flexibility index (Phi) is 8.98. The third-order valence-electron chi connectivity index (χ3n) is 1.31. The fourth-order valence-electron chi connectivity index (χ4n) is 0.692. The van der Waals surface area contributed by atoms with Crippen LogP contribution in [0.4, 0.5) is 0 Å². The lowest BCUT2D eigenvalue weighted by atomic mass is 10.1. The molecule has 0 unspecified atom stereocenters. The van der Waals surface area contributed by atoms with Gasteiger partial charge in [0.25, 0.3) is 0 Å². The van der Waals surface area contributed by atoms with Gasteiger partial charge in [-0.15, -0.1) is 0 Å². The van der Waals surface area contributed by atoms with Gasteiger partial charge in [-0.2, -0.15) is 0 Å². The van der Waals surface area contributed by atoms with Crippen molar-refractivity contribution in [2.75, 3.05) is 0 Å². The van der Waals surface area contributed by atoms with E-state index in [-0.39, 0.29) is 5.78 Å². The molecule has 0 aromatic heterocycles. The van der Waals surface area contributed by atoms with Crippen LogP contribution in [0, 0.1) is 0 Å². The second-order valence-electron chi connectivity index (χ2n) is 2.06. The molecule has 0 rings (SSSR count). The van der Waals surface area contributed by atoms with Crippen LogP contribution >= 0.6 is 0 Å². The van der Waals surface area contributed by atoms with Gasteiger partial charge in [-0.05, 0) is 19.4 Å². The summed E-state index contributed by atoms with van der Waals surface area (Å²) in [4.78, 5) is 10.8. The van der Waals surface area contributed by atoms with Gasteiger partial charge in [-0.25, -0.2) is 0 Å². The zero-order valence-corrected chi connectivity index (χ0v) is 8.48. The molecule has 12 heavy (non-hydrogen) atoms. The first-order valence-electron chi connectivity index (χ1n) is 4.10. The molecule has 0 bridgehead atoms. The van der Waals surface area contributed by atoms with Crippen molar-refractivity contribution in [3.8, 4) is 0 Å². The van der Waals surface area contributed by atoms with Crippen LogP contribution in [0.1, 0.15) is 27.7 Å². The molecule has 0 heterocycles. The maximum Gasteiger partial charge on any atom is 0.160 e. The normalized spacial score (nSPS) is 10.3. The highest BCUT2D eigenvalue weighted by Crippen LogP contribution is 2.06. The van der Waals surface area contributed by atoms with E-state index in [2.05, 4.69) is 13.2 Å². The number of hydrogen-bond acceptors (Lipinski definition) is 1. The summed E-state index contributed by atoms with van der Waals surface area (Å²) in [6.45, 7) is 14.4. The summed E-state index contributed by atoms with van der Waals surface area (Å²) in [6, 6.07) is 0. The van der Waals surface area contributed by atoms with Crippen LogP contribution in [0.15, 0.2) is 36.5 Å². The molecule has 68 valence electrons. The fraction of sp³-hybridized carbons (Fsp3) is 0.364. The third kappa shape index (κ3) is 4.67. The fourth-order valence-corrected chi connectivity index (χ4v) is 0.692. The van der Waals surface area contributed by atoms with Crippen molar-refractivity contribution in [3.05, 3.63) is 36.5 Å². The van der Waals surface area contributed by atoms with Gasteiger partial charge in [-0.3, -0.25) is 4.79 Å². The predicted octanol–water partition coefficient (Wildman–Crippen LogP) is 3.29. The predicted molar refractivity (Wildman–Crippen MR) is 55.1 cm³/mol. The highest BCUT2D eigenvalue weighted by atomic mass is 16.1. The molecular formula is C11H18O. The van der Waals surface area contributed by atoms with E-state index in [1.54, 1.807) is 12.2 Å². The summed E-state index contributed by atoms with van der Waals surface area (Å²) >= 11 is 0. The monoisotopic (exact) mass is 166 g/mol. The Bertz CT molecular complexity index is 197. The minimum absolute atomic E-state index is 0.0346. The summed E-state index contributed by atoms with van der Waals surface area (Å²) < 4.78 is 0. The van der Waals surface area contributed by atoms with Gasteiger partial charge in [0.15, 0.2) is 5.78 Å². The lowest BCUT2D eigenvalue weighted by Gasteiger charge is -1.97. The minimum atomic E-state index is 0.0346. The quantitative estimate of drug-likeness (QED) is 0.464. The molecule has 0 aliphatic carbocycles. The van der Waals surface area contributed by atoms with Crippen LogP contribution in [-0.4, -0.2) is 5.78 Å². The van der Waals surface area contributed by atoms with Crippen molar-refractivity contribution in [2.24, 2.45) is 0 Å². The van der Waals surface area contributed by atoms with E-state index >= 15 is 0 Å². The zero-order chi connectivity index (χ0) is 10.1. The minimum Gasteiger partial charge on any atom is -0.295 e. The number of rotatable bonds is 3. The summed E-state index contributed by atoms with van der Waals surface area (Å²) in [5.41, 5.74) is 1.53. The molecule has 0 amide bonds. The molecule has 0 saturated heterocycles. The van der Waals surface area contributed by atoms with Gasteiger partial charge in [0.2, 0.25) is 0 Å². The standard InChI is InChI=1S/C9H12O.C2H6/c1-5-7(3)9(6-2)8(4)10;1-2/h5-6H,1-2H2,3-4H3;1-2H3/b9-7+;. The smallest absolute Gasteiger partial charge is 0.160 e. The SMILES string of the molecule is C=C/C(C)=C(\C=C)C(C)=O.CC. The lowest BCUT2D eigenvalue weighted by molar-refractivity contribution is -0.113. The molecular weight excluding hydrogens is 148 g/mol. The number of allylic oxidation sites excluding steroid dienone is 4. The molecule has 0 spiro atoms. The highest BCUT2D eigenvalue weighted by Gasteiger charge is 1.99. The molecule has 0 saturated carbocycles. The number of carbonyl (C=O) groups excluding carboxylic acids is 1. The van der Waals surface area contributed by atoms with E-state index < -0.39 is 0 Å². The van der Waals surface area contributed by atoms with E-state index in [9.17, 15) is 4.79 Å². The summed E-state index contributed by atoms with van der Waals surface area (Å²) in [5, 5.41) is 0. The van der Waals surface area contributed by atoms with Crippen molar-refractivity contribution in [1.29, 1.82) is 0 Å². The molecule has 0 fully saturated rings. The van der Waals surface area contributed by atoms with Gasteiger partial charge < -0.3 is 0 Å². The van der Waals surface area contributed by atoms with Crippen LogP contribution in [0.2, 0.25) is 0 Å². The largest absolute Gasteiger partial charge is 0.295 e. The Morgan fingerprint density at radius 1 is 1.08 bits per heavy atom. The topological polar surface area (TPSA) is 17.1 Å². The highest BCUT2D eigenvalue weighted by molar-refractivity contribution is 5.97. The Morgan fingerprint density at radius 3 is 1.58 bits per heavy atom. The maximum absolute atomic E-state index is 10.8. The van der Waals surface area contributed by atoms with Gasteiger partial charge in [0.1, 0.15) is 0 Å². The summed E-state index contributed by atoms with van der Waals surface area (Å²) in [6.07, 6.45) is 3.21. The van der Waals surface area contributed by atoms with Crippen molar-refractivity contribution in [1.82, 2.24) is 0 Å². The lowest BCUT2D eigenvalue weighted by Crippen LogP contribution is -1.94. The maximum atomic E-state index is 10.8. The molecule has 1 heteroatoms. The van der Waals surface area contributed by atoms with Crippen molar-refractivity contribution < 1.29 is 4.79 Å². The van der Waals surface area contributed by atoms with Crippen molar-refractivity contribution >= 4 is 5.78 Å². The summed E-state index contributed by atoms with van der Waals surface area (Å²) in [7, 11) is 0. The molecule has 1 nitrogen and oxygen atoms in total. The Balaban J connectivity index is 0. The zero-order valence-electron chi connectivity index (χ0n) is 8.48. The molecule has 0 aliphatic rings. The number of Topliss-reactive ketones (excluding diaryl/α,β-unsaturated/α-hetero) is 1. The molecule has 0 N–H and O–H groups in total. The first-order chi connectivity index (χ1) is 5.63. The molecule has 0 radical (unpaired) electrons. The Hall–Kier alpha value is -1.11. The number of ketones is 1. The Labute approximate surface area is 75.5 Å². The van der Waals surface area contributed by atoms with Crippen LogP contribution in [0.5, 0.6) is 0 Å². The van der Waals surface area contributed by atoms with Gasteiger partial charge >= 0.3 is 0 Å². The number of hydrogen-bond donors (Lipinski definition) is 0. The van der Waals surface area contributed by atoms with Crippen molar-refractivity contribution in [3.63, 3.8) is 0 Å². The molecule has 0 aliphatic heterocycles. The van der Waals surface area contributed by atoms with Crippen LogP contribution < -0.4 is 0 Å². The third-order valence-corrected chi connectivity index (χ3v) is 1.31. The first kappa shape index (κ1) is 13.5. The van der Waals surface area contributed by atoms with E-state index in [4.69, 9.17) is 0 Å². The van der Waals surface area contributed by atoms with E-state index in [0.29, 0.717) is 5.57 Å². The number of carbonyl (C=O) groups is 1. The van der Waals surface area contributed by atoms with E-state index in [1.807, 2.05) is 20.8 Å². The molecule has 0 aromatic carbocycles. The van der Waals surface area contributed by atoms with Crippen LogP contribution in [0.25, 0.3) is 0 Å². The second kappa shape index (κ2) is 7.99. The molecule has 0 atom stereocenters. The average molecular weight is 166 g/mol. The summed E-state index contributed by atoms with van der Waals surface area (Å²) in [5.74, 6) is 0.0346.